The van der Waals surface area contributed by atoms with Gasteiger partial charge in [-0.1, -0.05) is 36.4 Å². The summed E-state index contributed by atoms with van der Waals surface area (Å²) in [5.74, 6) is 0.813. The lowest BCUT2D eigenvalue weighted by Gasteiger charge is -2.10. The number of nitrogens with zero attached hydrogens (tertiary/aromatic N) is 5. The SMILES string of the molecule is Cc1ccc([N+](=O)[O-])cc1S(=O)(=O)NCCOc1ccc2nnc(-c3ccccc3)n2n1. The first kappa shape index (κ1) is 21.3. The molecule has 2 heterocycles. The van der Waals surface area contributed by atoms with Gasteiger partial charge in [0.25, 0.3) is 5.69 Å². The van der Waals surface area contributed by atoms with Crippen LogP contribution in [0.2, 0.25) is 0 Å². The summed E-state index contributed by atoms with van der Waals surface area (Å²) in [6.07, 6.45) is 0. The Bertz CT molecular complexity index is 1390. The van der Waals surface area contributed by atoms with Crippen molar-refractivity contribution in [3.63, 3.8) is 0 Å². The summed E-state index contributed by atoms with van der Waals surface area (Å²) < 4.78 is 34.6. The van der Waals surface area contributed by atoms with Gasteiger partial charge in [0.1, 0.15) is 6.61 Å². The second-order valence-electron chi connectivity index (χ2n) is 6.78. The highest BCUT2D eigenvalue weighted by atomic mass is 32.2. The minimum atomic E-state index is -3.95. The van der Waals surface area contributed by atoms with Crippen molar-refractivity contribution in [2.45, 2.75) is 11.8 Å². The number of aryl methyl sites for hydroxylation is 1. The number of hydrogen-bond acceptors (Lipinski definition) is 8. The van der Waals surface area contributed by atoms with Crippen LogP contribution >= 0.6 is 0 Å². The van der Waals surface area contributed by atoms with E-state index in [9.17, 15) is 18.5 Å². The quantitative estimate of drug-likeness (QED) is 0.243. The first-order chi connectivity index (χ1) is 15.3. The highest BCUT2D eigenvalue weighted by Crippen LogP contribution is 2.22. The predicted molar refractivity (Wildman–Crippen MR) is 115 cm³/mol. The third-order valence-corrected chi connectivity index (χ3v) is 6.19. The van der Waals surface area contributed by atoms with E-state index in [1.54, 1.807) is 23.6 Å². The topological polar surface area (TPSA) is 142 Å². The molecular weight excluding hydrogens is 436 g/mol. The zero-order chi connectivity index (χ0) is 22.7. The Morgan fingerprint density at radius 3 is 2.62 bits per heavy atom. The second kappa shape index (κ2) is 8.69. The summed E-state index contributed by atoms with van der Waals surface area (Å²) in [5, 5.41) is 23.5. The number of ether oxygens (including phenoxy) is 1. The molecule has 0 unspecified atom stereocenters. The zero-order valence-electron chi connectivity index (χ0n) is 16.9. The van der Waals surface area contributed by atoms with Gasteiger partial charge in [-0.05, 0) is 18.6 Å². The largest absolute Gasteiger partial charge is 0.475 e. The van der Waals surface area contributed by atoms with E-state index in [0.717, 1.165) is 11.6 Å². The lowest BCUT2D eigenvalue weighted by molar-refractivity contribution is -0.385. The fourth-order valence-electron chi connectivity index (χ4n) is 3.02. The van der Waals surface area contributed by atoms with E-state index < -0.39 is 14.9 Å². The van der Waals surface area contributed by atoms with Gasteiger partial charge in [-0.25, -0.2) is 13.1 Å². The molecule has 0 radical (unpaired) electrons. The van der Waals surface area contributed by atoms with Crippen LogP contribution in [0.4, 0.5) is 5.69 Å². The zero-order valence-corrected chi connectivity index (χ0v) is 17.7. The van der Waals surface area contributed by atoms with E-state index >= 15 is 0 Å². The number of rotatable bonds is 8. The molecule has 0 saturated heterocycles. The number of hydrogen-bond donors (Lipinski definition) is 1. The average molecular weight is 454 g/mol. The Morgan fingerprint density at radius 1 is 1.09 bits per heavy atom. The van der Waals surface area contributed by atoms with Crippen molar-refractivity contribution in [2.75, 3.05) is 13.2 Å². The van der Waals surface area contributed by atoms with Gasteiger partial charge in [-0.2, -0.15) is 4.52 Å². The molecule has 0 aliphatic rings. The van der Waals surface area contributed by atoms with E-state index in [1.807, 2.05) is 30.3 Å². The Labute approximate surface area is 182 Å². The summed E-state index contributed by atoms with van der Waals surface area (Å²) >= 11 is 0. The van der Waals surface area contributed by atoms with Crippen LogP contribution in [0.15, 0.2) is 65.6 Å². The van der Waals surface area contributed by atoms with Gasteiger partial charge in [0.2, 0.25) is 15.9 Å². The highest BCUT2D eigenvalue weighted by molar-refractivity contribution is 7.89. The van der Waals surface area contributed by atoms with Crippen LogP contribution in [0.3, 0.4) is 0 Å². The van der Waals surface area contributed by atoms with Crippen LogP contribution in [0.5, 0.6) is 5.88 Å². The lowest BCUT2D eigenvalue weighted by atomic mass is 10.2. The van der Waals surface area contributed by atoms with Crippen LogP contribution in [0.1, 0.15) is 5.56 Å². The number of aromatic nitrogens is 4. The smallest absolute Gasteiger partial charge is 0.270 e. The van der Waals surface area contributed by atoms with Crippen LogP contribution < -0.4 is 9.46 Å². The van der Waals surface area contributed by atoms with E-state index in [-0.39, 0.29) is 29.6 Å². The number of non-ortho nitro benzene ring substituents is 1. The molecule has 11 nitrogen and oxygen atoms in total. The molecule has 32 heavy (non-hydrogen) atoms. The maximum Gasteiger partial charge on any atom is 0.270 e. The molecule has 4 rings (SSSR count). The molecule has 0 atom stereocenters. The Morgan fingerprint density at radius 2 is 1.88 bits per heavy atom. The van der Waals surface area contributed by atoms with Crippen molar-refractivity contribution in [2.24, 2.45) is 0 Å². The lowest BCUT2D eigenvalue weighted by Crippen LogP contribution is -2.29. The molecule has 0 spiro atoms. The third-order valence-electron chi connectivity index (χ3n) is 4.59. The molecule has 0 aliphatic carbocycles. The molecule has 2 aromatic carbocycles. The van der Waals surface area contributed by atoms with Crippen LogP contribution in [-0.4, -0.2) is 46.3 Å². The first-order valence-electron chi connectivity index (χ1n) is 9.50. The summed E-state index contributed by atoms with van der Waals surface area (Å²) in [4.78, 5) is 10.2. The van der Waals surface area contributed by atoms with Gasteiger partial charge >= 0.3 is 0 Å². The molecule has 2 aromatic heterocycles. The number of benzene rings is 2. The molecule has 0 bridgehead atoms. The summed E-state index contributed by atoms with van der Waals surface area (Å²) in [7, 11) is -3.95. The van der Waals surface area contributed by atoms with Gasteiger partial charge < -0.3 is 4.74 Å². The number of nitro groups is 1. The van der Waals surface area contributed by atoms with E-state index in [4.69, 9.17) is 4.74 Å². The molecule has 0 fully saturated rings. The molecule has 0 amide bonds. The summed E-state index contributed by atoms with van der Waals surface area (Å²) in [6.45, 7) is 1.50. The molecule has 4 aromatic rings. The number of nitro benzene ring substituents is 1. The van der Waals surface area contributed by atoms with Crippen LogP contribution in [-0.2, 0) is 10.0 Å². The minimum Gasteiger partial charge on any atom is -0.475 e. The summed E-state index contributed by atoms with van der Waals surface area (Å²) in [5.41, 5.74) is 1.48. The Hall–Kier alpha value is -3.90. The first-order valence-corrected chi connectivity index (χ1v) is 11.0. The van der Waals surface area contributed by atoms with Gasteiger partial charge in [-0.15, -0.1) is 15.3 Å². The van der Waals surface area contributed by atoms with Crippen LogP contribution in [0.25, 0.3) is 17.0 Å². The maximum absolute atomic E-state index is 12.6. The fraction of sp³-hybridized carbons (Fsp3) is 0.150. The highest BCUT2D eigenvalue weighted by Gasteiger charge is 2.20. The van der Waals surface area contributed by atoms with Crippen molar-refractivity contribution in [3.8, 4) is 17.3 Å². The van der Waals surface area contributed by atoms with Gasteiger partial charge in [0, 0.05) is 30.3 Å². The standard InChI is InChI=1S/C20H18N6O5S/c1-14-7-8-16(26(27)28)13-17(14)32(29,30)21-11-12-31-19-10-9-18-22-23-20(25(18)24-19)15-5-3-2-4-6-15/h2-10,13,21H,11-12H2,1H3. The number of nitrogens with one attached hydrogen (secondary N) is 1. The fourth-order valence-corrected chi connectivity index (χ4v) is 4.29. The second-order valence-corrected chi connectivity index (χ2v) is 8.52. The molecule has 1 N–H and O–H groups in total. The maximum atomic E-state index is 12.6. The molecule has 0 aliphatic heterocycles. The van der Waals surface area contributed by atoms with Crippen molar-refractivity contribution >= 4 is 21.4 Å². The molecule has 12 heteroatoms. The average Bonchev–Trinajstić information content (AvgIpc) is 3.20. The minimum absolute atomic E-state index is 0.00545. The number of sulfonamides is 1. The monoisotopic (exact) mass is 454 g/mol. The van der Waals surface area contributed by atoms with Crippen molar-refractivity contribution in [1.29, 1.82) is 0 Å². The Kier molecular flexibility index (Phi) is 5.79. The Balaban J connectivity index is 1.44. The molecule has 0 saturated carbocycles. The predicted octanol–water partition coefficient (Wildman–Crippen LogP) is 2.37. The van der Waals surface area contributed by atoms with Gasteiger partial charge in [-0.3, -0.25) is 10.1 Å². The molecule has 164 valence electrons. The normalized spacial score (nSPS) is 11.5. The van der Waals surface area contributed by atoms with Gasteiger partial charge in [0.15, 0.2) is 11.5 Å². The third kappa shape index (κ3) is 4.40. The molecular formula is C20H18N6O5S. The van der Waals surface area contributed by atoms with Crippen LogP contribution in [0, 0.1) is 17.0 Å². The van der Waals surface area contributed by atoms with Crippen molar-refractivity contribution < 1.29 is 18.1 Å². The van der Waals surface area contributed by atoms with E-state index in [2.05, 4.69) is 20.0 Å². The van der Waals surface area contributed by atoms with Crippen molar-refractivity contribution in [1.82, 2.24) is 24.5 Å². The van der Waals surface area contributed by atoms with E-state index in [1.165, 1.54) is 12.1 Å². The summed E-state index contributed by atoms with van der Waals surface area (Å²) in [6, 6.07) is 16.4. The van der Waals surface area contributed by atoms with Crippen molar-refractivity contribution in [3.05, 3.63) is 76.3 Å². The van der Waals surface area contributed by atoms with E-state index in [0.29, 0.717) is 17.0 Å². The number of fused-ring (bicyclic) bond motifs is 1. The van der Waals surface area contributed by atoms with Gasteiger partial charge in [0.05, 0.1) is 9.82 Å².